The minimum Gasteiger partial charge on any atom is -0.492 e. The Hall–Kier alpha value is -3.07. The van der Waals surface area contributed by atoms with Gasteiger partial charge in [-0.1, -0.05) is 57.5 Å². The fourth-order valence-corrected chi connectivity index (χ4v) is 3.40. The molecule has 0 saturated carbocycles. The van der Waals surface area contributed by atoms with E-state index in [1.165, 1.54) is 23.0 Å². The third-order valence-corrected chi connectivity index (χ3v) is 5.15. The van der Waals surface area contributed by atoms with Gasteiger partial charge in [-0.3, -0.25) is 14.9 Å². The molecular formula is C24H27BrN4O4. The molecule has 0 amide bonds. The van der Waals surface area contributed by atoms with Crippen LogP contribution in [0.4, 0.5) is 5.69 Å². The van der Waals surface area contributed by atoms with Crippen LogP contribution in [-0.2, 0) is 5.41 Å². The molecule has 0 aliphatic rings. The van der Waals surface area contributed by atoms with Gasteiger partial charge in [-0.05, 0) is 29.7 Å². The molecule has 0 fully saturated rings. The lowest BCUT2D eigenvalue weighted by molar-refractivity contribution is -0.384. The third kappa shape index (κ3) is 5.84. The van der Waals surface area contributed by atoms with Crippen LogP contribution in [0.15, 0.2) is 50.8 Å². The van der Waals surface area contributed by atoms with Crippen molar-refractivity contribution in [3.05, 3.63) is 72.7 Å². The highest BCUT2D eigenvalue weighted by Crippen LogP contribution is 2.26. The molecule has 0 radical (unpaired) electrons. The molecule has 174 valence electrons. The molecule has 0 N–H and O–H groups in total. The first-order valence-corrected chi connectivity index (χ1v) is 11.2. The number of rotatable bonds is 5. The van der Waals surface area contributed by atoms with E-state index in [2.05, 4.69) is 26.0 Å². The van der Waals surface area contributed by atoms with E-state index in [4.69, 9.17) is 4.74 Å². The number of benzene rings is 2. The van der Waals surface area contributed by atoms with E-state index in [0.29, 0.717) is 34.6 Å². The number of halogens is 1. The summed E-state index contributed by atoms with van der Waals surface area (Å²) in [5, 5.41) is 16.2. The normalized spacial score (nSPS) is 12.5. The highest BCUT2D eigenvalue weighted by Gasteiger charge is 2.23. The van der Waals surface area contributed by atoms with Gasteiger partial charge in [0.1, 0.15) is 11.6 Å². The summed E-state index contributed by atoms with van der Waals surface area (Å²) in [4.78, 5) is 28.9. The second-order valence-corrected chi connectivity index (χ2v) is 11.0. The van der Waals surface area contributed by atoms with Crippen molar-refractivity contribution >= 4 is 38.7 Å². The molecule has 1 aromatic heterocycles. The van der Waals surface area contributed by atoms with E-state index in [0.717, 1.165) is 4.47 Å². The van der Waals surface area contributed by atoms with E-state index in [9.17, 15) is 14.9 Å². The number of ether oxygens (including phenoxy) is 1. The fourth-order valence-electron chi connectivity index (χ4n) is 3.04. The Kier molecular flexibility index (Phi) is 6.74. The van der Waals surface area contributed by atoms with Crippen LogP contribution >= 0.6 is 15.9 Å². The standard InChI is InChI=1S/C24H27BrN4O4/c1-23(2,3)14-33-20-10-8-17(29(31)32)11-15(20)13-26-28-21(30)18-12-16(25)7-9-19(18)27-22(28)24(4,5)6/h7-13H,14H2,1-6H3. The Morgan fingerprint density at radius 1 is 1.15 bits per heavy atom. The van der Waals surface area contributed by atoms with Crippen molar-refractivity contribution in [3.63, 3.8) is 0 Å². The van der Waals surface area contributed by atoms with Crippen molar-refractivity contribution in [2.45, 2.75) is 47.0 Å². The molecule has 2 aromatic carbocycles. The van der Waals surface area contributed by atoms with Gasteiger partial charge in [-0.2, -0.15) is 9.78 Å². The van der Waals surface area contributed by atoms with E-state index >= 15 is 0 Å². The van der Waals surface area contributed by atoms with Crippen molar-refractivity contribution in [3.8, 4) is 5.75 Å². The summed E-state index contributed by atoms with van der Waals surface area (Å²) in [6.45, 7) is 12.3. The molecule has 9 heteroatoms. The monoisotopic (exact) mass is 514 g/mol. The minimum absolute atomic E-state index is 0.0940. The molecule has 0 aliphatic carbocycles. The number of nitrogens with zero attached hydrogens (tertiary/aromatic N) is 4. The lowest BCUT2D eigenvalue weighted by Crippen LogP contribution is -2.29. The molecule has 0 bridgehead atoms. The summed E-state index contributed by atoms with van der Waals surface area (Å²) in [5.41, 5.74) is -0.0407. The van der Waals surface area contributed by atoms with Gasteiger partial charge in [0.2, 0.25) is 0 Å². The highest BCUT2D eigenvalue weighted by atomic mass is 79.9. The van der Waals surface area contributed by atoms with Crippen molar-refractivity contribution in [1.29, 1.82) is 0 Å². The molecule has 0 unspecified atom stereocenters. The van der Waals surface area contributed by atoms with Gasteiger partial charge in [0, 0.05) is 27.6 Å². The first kappa shape index (κ1) is 24.6. The highest BCUT2D eigenvalue weighted by molar-refractivity contribution is 9.10. The SMILES string of the molecule is CC(C)(C)COc1ccc([N+](=O)[O-])cc1C=Nn1c(C(C)(C)C)nc2ccc(Br)cc2c1=O. The van der Waals surface area contributed by atoms with Crippen LogP contribution in [0.2, 0.25) is 0 Å². The summed E-state index contributed by atoms with van der Waals surface area (Å²) >= 11 is 3.39. The van der Waals surface area contributed by atoms with Crippen molar-refractivity contribution < 1.29 is 9.66 Å². The van der Waals surface area contributed by atoms with Gasteiger partial charge in [-0.15, -0.1) is 0 Å². The molecular weight excluding hydrogens is 488 g/mol. The predicted molar refractivity (Wildman–Crippen MR) is 133 cm³/mol. The first-order valence-electron chi connectivity index (χ1n) is 10.4. The number of nitro groups is 1. The van der Waals surface area contributed by atoms with Gasteiger partial charge in [0.15, 0.2) is 0 Å². The zero-order valence-corrected chi connectivity index (χ0v) is 21.1. The maximum absolute atomic E-state index is 13.3. The Labute approximate surface area is 200 Å². The topological polar surface area (TPSA) is 99.6 Å². The first-order chi connectivity index (χ1) is 15.3. The Morgan fingerprint density at radius 2 is 1.85 bits per heavy atom. The van der Waals surface area contributed by atoms with Crippen molar-refractivity contribution in [2.24, 2.45) is 10.5 Å². The van der Waals surface area contributed by atoms with Crippen LogP contribution in [0, 0.1) is 15.5 Å². The zero-order chi connectivity index (χ0) is 24.6. The Balaban J connectivity index is 2.18. The van der Waals surface area contributed by atoms with Gasteiger partial charge in [0.25, 0.3) is 11.2 Å². The maximum Gasteiger partial charge on any atom is 0.282 e. The number of nitro benzene ring substituents is 1. The lowest BCUT2D eigenvalue weighted by Gasteiger charge is -2.21. The molecule has 3 rings (SSSR count). The number of hydrogen-bond acceptors (Lipinski definition) is 6. The summed E-state index contributed by atoms with van der Waals surface area (Å²) in [7, 11) is 0. The Bertz CT molecular complexity index is 1300. The smallest absolute Gasteiger partial charge is 0.282 e. The molecule has 0 atom stereocenters. The second-order valence-electron chi connectivity index (χ2n) is 10.0. The Morgan fingerprint density at radius 3 is 2.45 bits per heavy atom. The van der Waals surface area contributed by atoms with Crippen molar-refractivity contribution in [1.82, 2.24) is 9.66 Å². The quantitative estimate of drug-likeness (QED) is 0.248. The molecule has 0 saturated heterocycles. The van der Waals surface area contributed by atoms with E-state index in [-0.39, 0.29) is 16.7 Å². The predicted octanol–water partition coefficient (Wildman–Crippen LogP) is 5.67. The zero-order valence-electron chi connectivity index (χ0n) is 19.5. The lowest BCUT2D eigenvalue weighted by atomic mass is 9.95. The van der Waals surface area contributed by atoms with Crippen LogP contribution in [-0.4, -0.2) is 27.4 Å². The van der Waals surface area contributed by atoms with Crippen LogP contribution in [0.5, 0.6) is 5.75 Å². The van der Waals surface area contributed by atoms with Crippen LogP contribution in [0.25, 0.3) is 10.9 Å². The maximum atomic E-state index is 13.3. The van der Waals surface area contributed by atoms with Gasteiger partial charge >= 0.3 is 0 Å². The van der Waals surface area contributed by atoms with Crippen LogP contribution < -0.4 is 10.3 Å². The molecule has 3 aromatic rings. The average molecular weight is 515 g/mol. The number of fused-ring (bicyclic) bond motifs is 1. The van der Waals surface area contributed by atoms with Gasteiger partial charge in [0.05, 0.1) is 28.6 Å². The number of hydrogen-bond donors (Lipinski definition) is 0. The largest absolute Gasteiger partial charge is 0.492 e. The molecule has 0 spiro atoms. The summed E-state index contributed by atoms with van der Waals surface area (Å²) < 4.78 is 7.92. The van der Waals surface area contributed by atoms with Crippen LogP contribution in [0.1, 0.15) is 52.9 Å². The molecule has 8 nitrogen and oxygen atoms in total. The van der Waals surface area contributed by atoms with Gasteiger partial charge in [-0.25, -0.2) is 4.98 Å². The average Bonchev–Trinajstić information content (AvgIpc) is 2.70. The molecule has 33 heavy (non-hydrogen) atoms. The van der Waals surface area contributed by atoms with Crippen LogP contribution in [0.3, 0.4) is 0 Å². The minimum atomic E-state index is -0.480. The third-order valence-electron chi connectivity index (χ3n) is 4.66. The molecule has 1 heterocycles. The van der Waals surface area contributed by atoms with Gasteiger partial charge < -0.3 is 4.74 Å². The number of non-ortho nitro benzene ring substituents is 1. The van der Waals surface area contributed by atoms with E-state index in [1.54, 1.807) is 18.2 Å². The number of aromatic nitrogens is 2. The second kappa shape index (κ2) is 9.05. The van der Waals surface area contributed by atoms with E-state index in [1.807, 2.05) is 47.6 Å². The van der Waals surface area contributed by atoms with E-state index < -0.39 is 10.3 Å². The summed E-state index contributed by atoms with van der Waals surface area (Å²) in [6.07, 6.45) is 1.41. The summed E-state index contributed by atoms with van der Waals surface area (Å²) in [5.74, 6) is 0.919. The summed E-state index contributed by atoms with van der Waals surface area (Å²) in [6, 6.07) is 9.63. The molecule has 0 aliphatic heterocycles. The van der Waals surface area contributed by atoms with Crippen molar-refractivity contribution in [2.75, 3.05) is 6.61 Å². The fraction of sp³-hybridized carbons (Fsp3) is 0.375.